The summed E-state index contributed by atoms with van der Waals surface area (Å²) < 4.78 is 5.25. The number of carbonyl (C=O) groups is 1. The van der Waals surface area contributed by atoms with Crippen molar-refractivity contribution in [2.75, 3.05) is 20.2 Å². The molecule has 1 saturated heterocycles. The zero-order valence-corrected chi connectivity index (χ0v) is 14.5. The Morgan fingerprint density at radius 1 is 1.29 bits per heavy atom. The number of hydrogen-bond donors (Lipinski definition) is 1. The maximum Gasteiger partial charge on any atom is 0.303 e. The van der Waals surface area contributed by atoms with Crippen molar-refractivity contribution in [3.63, 3.8) is 0 Å². The lowest BCUT2D eigenvalue weighted by Gasteiger charge is -2.46. The zero-order valence-electron chi connectivity index (χ0n) is 14.5. The van der Waals surface area contributed by atoms with E-state index in [1.807, 2.05) is 6.20 Å². The molecule has 1 N–H and O–H groups in total. The van der Waals surface area contributed by atoms with E-state index in [-0.39, 0.29) is 0 Å². The van der Waals surface area contributed by atoms with E-state index in [1.165, 1.54) is 31.2 Å². The Kier molecular flexibility index (Phi) is 5.39. The predicted octanol–water partition coefficient (Wildman–Crippen LogP) is 3.34. The van der Waals surface area contributed by atoms with E-state index >= 15 is 0 Å². The Hall–Kier alpha value is -1.62. The number of hydrogen-bond acceptors (Lipinski definition) is 4. The SMILES string of the molecule is COc1cncc(CN2CCC3(CCC(CC(=O)O)CC3)CC2)c1. The van der Waals surface area contributed by atoms with Crippen LogP contribution in [0.1, 0.15) is 50.5 Å². The van der Waals surface area contributed by atoms with E-state index in [4.69, 9.17) is 9.84 Å². The molecule has 0 amide bonds. The van der Waals surface area contributed by atoms with Crippen LogP contribution < -0.4 is 4.74 Å². The Morgan fingerprint density at radius 3 is 2.62 bits per heavy atom. The van der Waals surface area contributed by atoms with E-state index in [0.717, 1.165) is 38.2 Å². The average molecular weight is 332 g/mol. The maximum atomic E-state index is 10.9. The molecular weight excluding hydrogens is 304 g/mol. The second kappa shape index (κ2) is 7.51. The molecule has 1 aliphatic carbocycles. The van der Waals surface area contributed by atoms with E-state index in [9.17, 15) is 4.79 Å². The van der Waals surface area contributed by atoms with E-state index in [0.29, 0.717) is 17.8 Å². The van der Waals surface area contributed by atoms with Crippen molar-refractivity contribution in [3.8, 4) is 5.75 Å². The second-order valence-corrected chi connectivity index (χ2v) is 7.55. The van der Waals surface area contributed by atoms with Crippen LogP contribution in [0.3, 0.4) is 0 Å². The van der Waals surface area contributed by atoms with Crippen molar-refractivity contribution >= 4 is 5.97 Å². The quantitative estimate of drug-likeness (QED) is 0.896. The Balaban J connectivity index is 1.48. The minimum atomic E-state index is -0.641. The summed E-state index contributed by atoms with van der Waals surface area (Å²) in [5.41, 5.74) is 1.67. The molecular formula is C19H28N2O3. The third-order valence-electron chi connectivity index (χ3n) is 5.96. The van der Waals surface area contributed by atoms with Crippen LogP contribution in [0.2, 0.25) is 0 Å². The molecule has 0 aromatic carbocycles. The van der Waals surface area contributed by atoms with Gasteiger partial charge in [0.05, 0.1) is 13.3 Å². The lowest BCUT2D eigenvalue weighted by molar-refractivity contribution is -0.138. The van der Waals surface area contributed by atoms with Gasteiger partial charge in [0.15, 0.2) is 0 Å². The molecule has 5 nitrogen and oxygen atoms in total. The van der Waals surface area contributed by atoms with Crippen LogP contribution >= 0.6 is 0 Å². The van der Waals surface area contributed by atoms with Crippen LogP contribution in [0.15, 0.2) is 18.5 Å². The highest BCUT2D eigenvalue weighted by Gasteiger charge is 2.38. The minimum Gasteiger partial charge on any atom is -0.495 e. The standard InChI is InChI=1S/C19H28N2O3/c1-24-17-10-16(12-20-13-17)14-21-8-6-19(7-9-21)4-2-15(3-5-19)11-18(22)23/h10,12-13,15H,2-9,11,14H2,1H3,(H,22,23). The fraction of sp³-hybridized carbons (Fsp3) is 0.684. The lowest BCUT2D eigenvalue weighted by atomic mass is 9.65. The first-order chi connectivity index (χ1) is 11.6. The molecule has 3 rings (SSSR count). The number of aromatic nitrogens is 1. The van der Waals surface area contributed by atoms with Gasteiger partial charge in [-0.05, 0) is 74.6 Å². The Labute approximate surface area is 144 Å². The molecule has 1 spiro atoms. The van der Waals surface area contributed by atoms with Gasteiger partial charge >= 0.3 is 5.97 Å². The van der Waals surface area contributed by atoms with Gasteiger partial charge in [-0.2, -0.15) is 0 Å². The second-order valence-electron chi connectivity index (χ2n) is 7.55. The van der Waals surface area contributed by atoms with Crippen molar-refractivity contribution < 1.29 is 14.6 Å². The van der Waals surface area contributed by atoms with Crippen molar-refractivity contribution in [1.82, 2.24) is 9.88 Å². The summed E-state index contributed by atoms with van der Waals surface area (Å²) in [5, 5.41) is 8.96. The smallest absolute Gasteiger partial charge is 0.303 e. The molecule has 132 valence electrons. The summed E-state index contributed by atoms with van der Waals surface area (Å²) in [6.45, 7) is 3.18. The number of carboxylic acids is 1. The first-order valence-corrected chi connectivity index (χ1v) is 9.01. The lowest BCUT2D eigenvalue weighted by Crippen LogP contribution is -2.41. The molecule has 0 bridgehead atoms. The fourth-order valence-corrected chi connectivity index (χ4v) is 4.35. The van der Waals surface area contributed by atoms with Gasteiger partial charge in [0, 0.05) is 19.2 Å². The van der Waals surface area contributed by atoms with Gasteiger partial charge in [-0.15, -0.1) is 0 Å². The topological polar surface area (TPSA) is 62.7 Å². The average Bonchev–Trinajstić information content (AvgIpc) is 2.59. The molecule has 0 radical (unpaired) electrons. The Bertz CT molecular complexity index is 557. The van der Waals surface area contributed by atoms with Crippen LogP contribution in [0.5, 0.6) is 5.75 Å². The number of rotatable bonds is 5. The summed E-state index contributed by atoms with van der Waals surface area (Å²) in [7, 11) is 1.67. The normalized spacial score (nSPS) is 21.7. The van der Waals surface area contributed by atoms with E-state index in [2.05, 4.69) is 16.0 Å². The first kappa shape index (κ1) is 17.2. The maximum absolute atomic E-state index is 10.9. The van der Waals surface area contributed by atoms with E-state index < -0.39 is 5.97 Å². The molecule has 1 aliphatic heterocycles. The molecule has 1 aromatic rings. The molecule has 24 heavy (non-hydrogen) atoms. The third kappa shape index (κ3) is 4.26. The zero-order chi connectivity index (χ0) is 17.0. The first-order valence-electron chi connectivity index (χ1n) is 9.01. The van der Waals surface area contributed by atoms with Crippen LogP contribution in [0.25, 0.3) is 0 Å². The van der Waals surface area contributed by atoms with Crippen LogP contribution in [-0.2, 0) is 11.3 Å². The molecule has 0 unspecified atom stereocenters. The van der Waals surface area contributed by atoms with Gasteiger partial charge in [-0.1, -0.05) is 0 Å². The van der Waals surface area contributed by atoms with Gasteiger partial charge in [0.25, 0.3) is 0 Å². The summed E-state index contributed by atoms with van der Waals surface area (Å²) >= 11 is 0. The summed E-state index contributed by atoms with van der Waals surface area (Å²) in [4.78, 5) is 17.6. The fourth-order valence-electron chi connectivity index (χ4n) is 4.35. The van der Waals surface area contributed by atoms with Crippen molar-refractivity contribution in [1.29, 1.82) is 0 Å². The molecule has 1 aromatic heterocycles. The van der Waals surface area contributed by atoms with Crippen molar-refractivity contribution in [2.45, 2.75) is 51.5 Å². The van der Waals surface area contributed by atoms with E-state index in [1.54, 1.807) is 13.3 Å². The third-order valence-corrected chi connectivity index (χ3v) is 5.96. The number of carboxylic acid groups (broad SMARTS) is 1. The highest BCUT2D eigenvalue weighted by atomic mass is 16.5. The number of likely N-dealkylation sites (tertiary alicyclic amines) is 1. The number of ether oxygens (including phenoxy) is 1. The molecule has 1 saturated carbocycles. The van der Waals surface area contributed by atoms with Gasteiger partial charge in [-0.25, -0.2) is 0 Å². The highest BCUT2D eigenvalue weighted by Crippen LogP contribution is 2.47. The van der Waals surface area contributed by atoms with Gasteiger partial charge in [-0.3, -0.25) is 14.7 Å². The predicted molar refractivity (Wildman–Crippen MR) is 91.9 cm³/mol. The number of piperidine rings is 1. The minimum absolute atomic E-state index is 0.352. The summed E-state index contributed by atoms with van der Waals surface area (Å²) in [5.74, 6) is 0.574. The number of aliphatic carboxylic acids is 1. The number of pyridine rings is 1. The largest absolute Gasteiger partial charge is 0.495 e. The van der Waals surface area contributed by atoms with Gasteiger partial charge in [0.2, 0.25) is 0 Å². The Morgan fingerprint density at radius 2 is 2.00 bits per heavy atom. The van der Waals surface area contributed by atoms with Crippen LogP contribution in [0.4, 0.5) is 0 Å². The summed E-state index contributed by atoms with van der Waals surface area (Å²) in [6.07, 6.45) is 11.1. The van der Waals surface area contributed by atoms with Gasteiger partial charge < -0.3 is 9.84 Å². The van der Waals surface area contributed by atoms with Crippen molar-refractivity contribution in [3.05, 3.63) is 24.0 Å². The highest BCUT2D eigenvalue weighted by molar-refractivity contribution is 5.67. The summed E-state index contributed by atoms with van der Waals surface area (Å²) in [6, 6.07) is 2.06. The van der Waals surface area contributed by atoms with Crippen LogP contribution in [-0.4, -0.2) is 41.2 Å². The van der Waals surface area contributed by atoms with Crippen LogP contribution in [0, 0.1) is 11.3 Å². The molecule has 2 heterocycles. The van der Waals surface area contributed by atoms with Crippen molar-refractivity contribution in [2.24, 2.45) is 11.3 Å². The molecule has 2 aliphatic rings. The number of methoxy groups -OCH3 is 1. The van der Waals surface area contributed by atoms with Gasteiger partial charge in [0.1, 0.15) is 5.75 Å². The monoisotopic (exact) mass is 332 g/mol. The molecule has 0 atom stereocenters. The number of nitrogens with zero attached hydrogens (tertiary/aromatic N) is 2. The molecule has 2 fully saturated rings. The molecule has 5 heteroatoms.